The highest BCUT2D eigenvalue weighted by molar-refractivity contribution is 9.10. The number of halogens is 1. The molecule has 0 bridgehead atoms. The summed E-state index contributed by atoms with van der Waals surface area (Å²) in [4.78, 5) is 22.3. The number of carboxylic acids is 1. The summed E-state index contributed by atoms with van der Waals surface area (Å²) in [6.45, 7) is 2.15. The van der Waals surface area contributed by atoms with Crippen LogP contribution in [0.5, 0.6) is 0 Å². The first-order valence-corrected chi connectivity index (χ1v) is 7.64. The van der Waals surface area contributed by atoms with Crippen molar-refractivity contribution in [1.29, 1.82) is 0 Å². The smallest absolute Gasteiger partial charge is 0.329 e. The van der Waals surface area contributed by atoms with Crippen LogP contribution in [0, 0.1) is 5.92 Å². The van der Waals surface area contributed by atoms with Crippen molar-refractivity contribution in [2.45, 2.75) is 19.8 Å². The number of carbonyl (C=O) groups is 2. The number of carbonyl (C=O) groups excluding carboxylic acids is 1. The monoisotopic (exact) mass is 357 g/mol. The Morgan fingerprint density at radius 1 is 1.43 bits per heavy atom. The molecule has 2 N–H and O–H groups in total. The van der Waals surface area contributed by atoms with E-state index in [-0.39, 0.29) is 25.0 Å². The highest BCUT2D eigenvalue weighted by Gasteiger charge is 2.16. The molecule has 116 valence electrons. The fourth-order valence-corrected chi connectivity index (χ4v) is 2.37. The van der Waals surface area contributed by atoms with E-state index in [4.69, 9.17) is 9.84 Å². The molecule has 0 radical (unpaired) electrons. The van der Waals surface area contributed by atoms with Gasteiger partial charge in [-0.3, -0.25) is 4.79 Å². The van der Waals surface area contributed by atoms with Crippen LogP contribution in [0.3, 0.4) is 0 Å². The second kappa shape index (κ2) is 9.52. The Labute approximate surface area is 132 Å². The molecule has 1 amide bonds. The Morgan fingerprint density at radius 2 is 2.19 bits per heavy atom. The Bertz CT molecular complexity index is 478. The number of rotatable bonds is 9. The maximum Gasteiger partial charge on any atom is 0.329 e. The van der Waals surface area contributed by atoms with Crippen molar-refractivity contribution in [2.75, 3.05) is 19.8 Å². The molecule has 1 aromatic rings. The molecule has 0 spiro atoms. The number of ether oxygens (including phenoxy) is 1. The van der Waals surface area contributed by atoms with E-state index >= 15 is 0 Å². The summed E-state index contributed by atoms with van der Waals surface area (Å²) in [7, 11) is 0. The van der Waals surface area contributed by atoms with Gasteiger partial charge in [0.2, 0.25) is 5.91 Å². The van der Waals surface area contributed by atoms with Gasteiger partial charge in [-0.2, -0.15) is 0 Å². The first-order valence-electron chi connectivity index (χ1n) is 6.84. The predicted molar refractivity (Wildman–Crippen MR) is 83.1 cm³/mol. The molecule has 1 unspecified atom stereocenters. The van der Waals surface area contributed by atoms with Crippen molar-refractivity contribution in [3.05, 3.63) is 34.3 Å². The fourth-order valence-electron chi connectivity index (χ4n) is 1.92. The van der Waals surface area contributed by atoms with E-state index in [1.54, 1.807) is 0 Å². The number of nitrogens with one attached hydrogen (secondary N) is 1. The fraction of sp³-hybridized carbons (Fsp3) is 0.467. The summed E-state index contributed by atoms with van der Waals surface area (Å²) in [5.41, 5.74) is 1.11. The highest BCUT2D eigenvalue weighted by atomic mass is 79.9. The van der Waals surface area contributed by atoms with Crippen molar-refractivity contribution in [3.63, 3.8) is 0 Å². The minimum atomic E-state index is -1.01. The minimum absolute atomic E-state index is 0.0311. The van der Waals surface area contributed by atoms with E-state index in [1.807, 2.05) is 31.2 Å². The molecule has 1 rings (SSSR count). The van der Waals surface area contributed by atoms with Crippen LogP contribution in [-0.2, 0) is 20.7 Å². The zero-order valence-corrected chi connectivity index (χ0v) is 13.6. The lowest BCUT2D eigenvalue weighted by Gasteiger charge is -2.15. The highest BCUT2D eigenvalue weighted by Crippen LogP contribution is 2.17. The third kappa shape index (κ3) is 7.24. The topological polar surface area (TPSA) is 75.6 Å². The second-order valence-electron chi connectivity index (χ2n) is 4.68. The molecule has 6 heteroatoms. The Morgan fingerprint density at radius 3 is 2.81 bits per heavy atom. The van der Waals surface area contributed by atoms with Gasteiger partial charge in [0.05, 0.1) is 6.61 Å². The van der Waals surface area contributed by atoms with Crippen LogP contribution >= 0.6 is 15.9 Å². The molecule has 0 saturated heterocycles. The number of hydrogen-bond acceptors (Lipinski definition) is 3. The first-order chi connectivity index (χ1) is 10.0. The van der Waals surface area contributed by atoms with Crippen LogP contribution in [0.4, 0.5) is 0 Å². The maximum atomic E-state index is 12.1. The summed E-state index contributed by atoms with van der Waals surface area (Å²) in [6.07, 6.45) is 1.42. The van der Waals surface area contributed by atoms with Gasteiger partial charge in [0.25, 0.3) is 0 Å². The summed E-state index contributed by atoms with van der Waals surface area (Å²) in [5, 5.41) is 11.2. The number of hydrogen-bond donors (Lipinski definition) is 2. The van der Waals surface area contributed by atoms with Gasteiger partial charge in [0, 0.05) is 16.9 Å². The molecule has 0 saturated carbocycles. The van der Waals surface area contributed by atoms with Gasteiger partial charge in [0.1, 0.15) is 6.61 Å². The molecule has 0 aliphatic carbocycles. The lowest BCUT2D eigenvalue weighted by molar-refractivity contribution is -0.142. The van der Waals surface area contributed by atoms with E-state index in [0.717, 1.165) is 16.5 Å². The SMILES string of the molecule is CCC(Cc1cccc(Br)c1)C(=O)NCCOCC(=O)O. The third-order valence-corrected chi connectivity index (χ3v) is 3.50. The van der Waals surface area contributed by atoms with E-state index in [1.165, 1.54) is 0 Å². The Hall–Kier alpha value is -1.40. The first kappa shape index (κ1) is 17.7. The second-order valence-corrected chi connectivity index (χ2v) is 5.59. The van der Waals surface area contributed by atoms with Gasteiger partial charge in [-0.25, -0.2) is 4.79 Å². The van der Waals surface area contributed by atoms with Crippen molar-refractivity contribution in [2.24, 2.45) is 5.92 Å². The predicted octanol–water partition coefficient (Wildman–Crippen LogP) is 2.24. The van der Waals surface area contributed by atoms with Crippen LogP contribution in [0.1, 0.15) is 18.9 Å². The van der Waals surface area contributed by atoms with Crippen LogP contribution in [0.15, 0.2) is 28.7 Å². The van der Waals surface area contributed by atoms with Crippen LogP contribution in [0.2, 0.25) is 0 Å². The van der Waals surface area contributed by atoms with Crippen molar-refractivity contribution in [1.82, 2.24) is 5.32 Å². The van der Waals surface area contributed by atoms with E-state index < -0.39 is 5.97 Å². The van der Waals surface area contributed by atoms with Gasteiger partial charge in [-0.15, -0.1) is 0 Å². The Kier molecular flexibility index (Phi) is 8.00. The van der Waals surface area contributed by atoms with E-state index in [0.29, 0.717) is 13.0 Å². The number of aliphatic carboxylic acids is 1. The molecule has 1 aromatic carbocycles. The molecule has 0 aliphatic heterocycles. The lowest BCUT2D eigenvalue weighted by atomic mass is 9.96. The molecule has 0 heterocycles. The number of benzene rings is 1. The molecule has 0 fully saturated rings. The molecule has 5 nitrogen and oxygen atoms in total. The van der Waals surface area contributed by atoms with Crippen molar-refractivity contribution >= 4 is 27.8 Å². The maximum absolute atomic E-state index is 12.1. The average Bonchev–Trinajstić information content (AvgIpc) is 2.44. The summed E-state index contributed by atoms with van der Waals surface area (Å²) in [5.74, 6) is -1.14. The Balaban J connectivity index is 2.37. The van der Waals surface area contributed by atoms with Gasteiger partial charge < -0.3 is 15.2 Å². The van der Waals surface area contributed by atoms with Gasteiger partial charge in [0.15, 0.2) is 0 Å². The van der Waals surface area contributed by atoms with Gasteiger partial charge >= 0.3 is 5.97 Å². The quantitative estimate of drug-likeness (QED) is 0.664. The van der Waals surface area contributed by atoms with Crippen LogP contribution in [-0.4, -0.2) is 36.7 Å². The lowest BCUT2D eigenvalue weighted by Crippen LogP contribution is -2.34. The number of carboxylic acid groups (broad SMARTS) is 1. The van der Waals surface area contributed by atoms with Crippen molar-refractivity contribution in [3.8, 4) is 0 Å². The van der Waals surface area contributed by atoms with Crippen molar-refractivity contribution < 1.29 is 19.4 Å². The average molecular weight is 358 g/mol. The molecule has 1 atom stereocenters. The molecular weight excluding hydrogens is 338 g/mol. The standard InChI is InChI=1S/C15H20BrNO4/c1-2-12(8-11-4-3-5-13(16)9-11)15(20)17-6-7-21-10-14(18)19/h3-5,9,12H,2,6-8,10H2,1H3,(H,17,20)(H,18,19). The normalized spacial score (nSPS) is 11.9. The molecule has 0 aromatic heterocycles. The zero-order valence-electron chi connectivity index (χ0n) is 12.0. The summed E-state index contributed by atoms with van der Waals surface area (Å²) < 4.78 is 5.87. The van der Waals surface area contributed by atoms with Gasteiger partial charge in [-0.1, -0.05) is 35.0 Å². The number of amides is 1. The molecule has 0 aliphatic rings. The van der Waals surface area contributed by atoms with Crippen LogP contribution < -0.4 is 5.32 Å². The zero-order chi connectivity index (χ0) is 15.7. The minimum Gasteiger partial charge on any atom is -0.480 e. The third-order valence-electron chi connectivity index (χ3n) is 3.01. The summed E-state index contributed by atoms with van der Waals surface area (Å²) in [6, 6.07) is 7.90. The summed E-state index contributed by atoms with van der Waals surface area (Å²) >= 11 is 3.42. The van der Waals surface area contributed by atoms with Crippen LogP contribution in [0.25, 0.3) is 0 Å². The van der Waals surface area contributed by atoms with Gasteiger partial charge in [-0.05, 0) is 30.5 Å². The molecular formula is C15H20BrNO4. The largest absolute Gasteiger partial charge is 0.480 e. The van der Waals surface area contributed by atoms with E-state index in [2.05, 4.69) is 21.2 Å². The van der Waals surface area contributed by atoms with E-state index in [9.17, 15) is 9.59 Å². The molecule has 21 heavy (non-hydrogen) atoms.